The molecule has 1 saturated heterocycles. The van der Waals surface area contributed by atoms with Crippen molar-refractivity contribution in [2.24, 2.45) is 0 Å². The van der Waals surface area contributed by atoms with Crippen molar-refractivity contribution in [3.8, 4) is 0 Å². The molecule has 0 aromatic rings. The van der Waals surface area contributed by atoms with Gasteiger partial charge in [-0.25, -0.2) is 4.79 Å². The average molecular weight is 406 g/mol. The summed E-state index contributed by atoms with van der Waals surface area (Å²) in [6, 6.07) is 0. The van der Waals surface area contributed by atoms with Crippen molar-refractivity contribution in [2.45, 2.75) is 58.4 Å². The molecule has 0 amide bonds. The molecule has 1 aliphatic heterocycles. The SMILES string of the molecule is CC(=O)OC[C@H]1O[C@H](OCC(=O)O)[C@@H](OC(C)=O)[C@@H](OC(C)=O)[C@@H]1OC(C)=O. The predicted molar refractivity (Wildman–Crippen MR) is 85.5 cm³/mol. The summed E-state index contributed by atoms with van der Waals surface area (Å²) in [6.45, 7) is 3.09. The van der Waals surface area contributed by atoms with Crippen LogP contribution in [0.25, 0.3) is 0 Å². The first-order valence-corrected chi connectivity index (χ1v) is 8.15. The molecule has 0 saturated carbocycles. The summed E-state index contributed by atoms with van der Waals surface area (Å²) in [5.41, 5.74) is 0. The van der Waals surface area contributed by atoms with Gasteiger partial charge in [0.05, 0.1) is 0 Å². The van der Waals surface area contributed by atoms with Gasteiger partial charge in [0.1, 0.15) is 19.3 Å². The van der Waals surface area contributed by atoms with Gasteiger partial charge >= 0.3 is 29.8 Å². The van der Waals surface area contributed by atoms with Gasteiger partial charge in [0.2, 0.25) is 0 Å². The summed E-state index contributed by atoms with van der Waals surface area (Å²) in [5.74, 6) is -4.39. The van der Waals surface area contributed by atoms with E-state index >= 15 is 0 Å². The highest BCUT2D eigenvalue weighted by atomic mass is 16.7. The molecule has 0 spiro atoms. The standard InChI is InChI=1S/C16H22O12/c1-7(17)23-5-11-13(25-8(2)18)14(26-9(3)19)15(27-10(4)20)16(28-11)24-6-12(21)22/h11,13-16H,5-6H2,1-4H3,(H,21,22)/t11-,13-,14+,15+,16+/m1/s1. The van der Waals surface area contributed by atoms with Crippen LogP contribution in [0.1, 0.15) is 27.7 Å². The zero-order valence-electron chi connectivity index (χ0n) is 15.7. The number of esters is 4. The fraction of sp³-hybridized carbons (Fsp3) is 0.688. The second kappa shape index (κ2) is 10.6. The van der Waals surface area contributed by atoms with Crippen molar-refractivity contribution in [2.75, 3.05) is 13.2 Å². The van der Waals surface area contributed by atoms with Crippen LogP contribution in [0.3, 0.4) is 0 Å². The maximum absolute atomic E-state index is 11.6. The first kappa shape index (κ1) is 23.3. The van der Waals surface area contributed by atoms with E-state index in [1.54, 1.807) is 0 Å². The van der Waals surface area contributed by atoms with E-state index in [2.05, 4.69) is 0 Å². The number of aliphatic carboxylic acids is 1. The molecule has 0 aromatic carbocycles. The third-order valence-electron chi connectivity index (χ3n) is 3.32. The Morgan fingerprint density at radius 3 is 1.75 bits per heavy atom. The number of carbonyl (C=O) groups is 5. The molecule has 1 heterocycles. The van der Waals surface area contributed by atoms with Gasteiger partial charge in [-0.1, -0.05) is 0 Å². The Bertz CT molecular complexity index is 571. The van der Waals surface area contributed by atoms with Gasteiger partial charge in [-0.05, 0) is 0 Å². The molecule has 1 rings (SSSR count). The molecule has 1 aliphatic rings. The van der Waals surface area contributed by atoms with E-state index in [0.717, 1.165) is 27.7 Å². The highest BCUT2D eigenvalue weighted by molar-refractivity contribution is 5.69. The number of carbonyl (C=O) groups excluding carboxylic acids is 4. The lowest BCUT2D eigenvalue weighted by Gasteiger charge is -2.43. The molecule has 0 aromatic heterocycles. The molecule has 0 bridgehead atoms. The lowest BCUT2D eigenvalue weighted by molar-refractivity contribution is -0.307. The van der Waals surface area contributed by atoms with Gasteiger partial charge in [-0.15, -0.1) is 0 Å². The Kier molecular flexibility index (Phi) is 8.79. The molecule has 12 nitrogen and oxygen atoms in total. The second-order valence-corrected chi connectivity index (χ2v) is 5.77. The van der Waals surface area contributed by atoms with Crippen molar-refractivity contribution >= 4 is 29.8 Å². The van der Waals surface area contributed by atoms with Gasteiger partial charge in [-0.3, -0.25) is 19.2 Å². The van der Waals surface area contributed by atoms with E-state index in [4.69, 9.17) is 33.5 Å². The van der Waals surface area contributed by atoms with E-state index < -0.39 is 73.8 Å². The molecular weight excluding hydrogens is 384 g/mol. The van der Waals surface area contributed by atoms with Crippen molar-refractivity contribution in [3.63, 3.8) is 0 Å². The third-order valence-corrected chi connectivity index (χ3v) is 3.32. The Labute approximate surface area is 159 Å². The van der Waals surface area contributed by atoms with Gasteiger partial charge in [0.25, 0.3) is 0 Å². The maximum Gasteiger partial charge on any atom is 0.329 e. The van der Waals surface area contributed by atoms with E-state index in [0.29, 0.717) is 0 Å². The molecule has 5 atom stereocenters. The van der Waals surface area contributed by atoms with Crippen molar-refractivity contribution in [1.29, 1.82) is 0 Å². The normalized spacial score (nSPS) is 26.6. The molecule has 1 N–H and O–H groups in total. The number of ether oxygens (including phenoxy) is 6. The largest absolute Gasteiger partial charge is 0.480 e. The maximum atomic E-state index is 11.6. The number of carboxylic acids is 1. The minimum absolute atomic E-state index is 0.426. The van der Waals surface area contributed by atoms with Gasteiger partial charge in [-0.2, -0.15) is 0 Å². The summed E-state index contributed by atoms with van der Waals surface area (Å²) < 4.78 is 30.8. The Balaban J connectivity index is 3.26. The van der Waals surface area contributed by atoms with Crippen molar-refractivity contribution in [3.05, 3.63) is 0 Å². The smallest absolute Gasteiger partial charge is 0.329 e. The summed E-state index contributed by atoms with van der Waals surface area (Å²) in [5, 5.41) is 8.82. The highest BCUT2D eigenvalue weighted by Gasteiger charge is 2.52. The molecule has 1 fully saturated rings. The topological polar surface area (TPSA) is 161 Å². The average Bonchev–Trinajstić information content (AvgIpc) is 2.54. The summed E-state index contributed by atoms with van der Waals surface area (Å²) in [6.07, 6.45) is -6.87. The minimum atomic E-state index is -1.50. The molecule has 28 heavy (non-hydrogen) atoms. The molecule has 0 unspecified atom stereocenters. The Morgan fingerprint density at radius 1 is 0.786 bits per heavy atom. The number of carboxylic acid groups (broad SMARTS) is 1. The number of hydrogen-bond acceptors (Lipinski definition) is 11. The van der Waals surface area contributed by atoms with Crippen LogP contribution in [0.15, 0.2) is 0 Å². The fourth-order valence-corrected chi connectivity index (χ4v) is 2.48. The zero-order valence-corrected chi connectivity index (χ0v) is 15.7. The van der Waals surface area contributed by atoms with Crippen LogP contribution in [-0.2, 0) is 52.4 Å². The van der Waals surface area contributed by atoms with Crippen LogP contribution in [0.2, 0.25) is 0 Å². The lowest BCUT2D eigenvalue weighted by atomic mass is 9.98. The molecule has 158 valence electrons. The van der Waals surface area contributed by atoms with Gasteiger partial charge < -0.3 is 33.5 Å². The van der Waals surface area contributed by atoms with Crippen LogP contribution in [-0.4, -0.2) is 78.9 Å². The number of rotatable bonds is 8. The minimum Gasteiger partial charge on any atom is -0.480 e. The van der Waals surface area contributed by atoms with Crippen LogP contribution in [0.4, 0.5) is 0 Å². The van der Waals surface area contributed by atoms with Gasteiger partial charge in [0.15, 0.2) is 24.6 Å². The Morgan fingerprint density at radius 2 is 1.29 bits per heavy atom. The Hall–Kier alpha value is -2.73. The lowest BCUT2D eigenvalue weighted by Crippen LogP contribution is -2.63. The summed E-state index contributed by atoms with van der Waals surface area (Å²) >= 11 is 0. The first-order chi connectivity index (χ1) is 13.0. The zero-order chi connectivity index (χ0) is 21.4. The van der Waals surface area contributed by atoms with Gasteiger partial charge in [0, 0.05) is 27.7 Å². The van der Waals surface area contributed by atoms with E-state index in [-0.39, 0.29) is 0 Å². The van der Waals surface area contributed by atoms with E-state index in [1.807, 2.05) is 0 Å². The molecule has 12 heteroatoms. The molecule has 0 aliphatic carbocycles. The third kappa shape index (κ3) is 7.48. The van der Waals surface area contributed by atoms with Crippen LogP contribution >= 0.6 is 0 Å². The van der Waals surface area contributed by atoms with Crippen LogP contribution in [0, 0.1) is 0 Å². The molecule has 0 radical (unpaired) electrons. The second-order valence-electron chi connectivity index (χ2n) is 5.77. The van der Waals surface area contributed by atoms with Crippen molar-refractivity contribution in [1.82, 2.24) is 0 Å². The van der Waals surface area contributed by atoms with Crippen molar-refractivity contribution < 1.29 is 57.5 Å². The van der Waals surface area contributed by atoms with E-state index in [9.17, 15) is 24.0 Å². The predicted octanol–water partition coefficient (Wildman–Crippen LogP) is -0.829. The first-order valence-electron chi connectivity index (χ1n) is 8.15. The van der Waals surface area contributed by atoms with E-state index in [1.165, 1.54) is 0 Å². The summed E-state index contributed by atoms with van der Waals surface area (Å²) in [4.78, 5) is 56.5. The quantitative estimate of drug-likeness (QED) is 0.394. The molecular formula is C16H22O12. The number of hydrogen-bond donors (Lipinski definition) is 1. The van der Waals surface area contributed by atoms with Crippen LogP contribution < -0.4 is 0 Å². The summed E-state index contributed by atoms with van der Waals surface area (Å²) in [7, 11) is 0. The fourth-order valence-electron chi connectivity index (χ4n) is 2.48. The monoisotopic (exact) mass is 406 g/mol. The highest BCUT2D eigenvalue weighted by Crippen LogP contribution is 2.29. The van der Waals surface area contributed by atoms with Crippen LogP contribution in [0.5, 0.6) is 0 Å².